The van der Waals surface area contributed by atoms with Crippen LogP contribution in [0.15, 0.2) is 48.5 Å². The fourth-order valence-electron chi connectivity index (χ4n) is 3.36. The largest absolute Gasteiger partial charge is 0.383 e. The summed E-state index contributed by atoms with van der Waals surface area (Å²) >= 11 is 0. The predicted molar refractivity (Wildman–Crippen MR) is 115 cm³/mol. The van der Waals surface area contributed by atoms with Gasteiger partial charge in [-0.05, 0) is 49.2 Å². The highest BCUT2D eigenvalue weighted by molar-refractivity contribution is 5.92. The van der Waals surface area contributed by atoms with Crippen molar-refractivity contribution in [2.45, 2.75) is 25.2 Å². The lowest BCUT2D eigenvalue weighted by atomic mass is 10.2. The van der Waals surface area contributed by atoms with Gasteiger partial charge in [0.2, 0.25) is 5.91 Å². The quantitative estimate of drug-likeness (QED) is 0.577. The van der Waals surface area contributed by atoms with Gasteiger partial charge in [0.1, 0.15) is 17.5 Å². The molecule has 0 saturated heterocycles. The van der Waals surface area contributed by atoms with Gasteiger partial charge in [0, 0.05) is 43.6 Å². The molecule has 0 unspecified atom stereocenters. The zero-order chi connectivity index (χ0) is 20.9. The predicted octanol–water partition coefficient (Wildman–Crippen LogP) is 4.13. The normalized spacial score (nSPS) is 13.4. The lowest BCUT2D eigenvalue weighted by molar-refractivity contribution is -0.116. The molecule has 1 N–H and O–H groups in total. The zero-order valence-electron chi connectivity index (χ0n) is 17.0. The summed E-state index contributed by atoms with van der Waals surface area (Å²) in [7, 11) is 1.66. The maximum atomic E-state index is 13.1. The maximum Gasteiger partial charge on any atom is 0.226 e. The van der Waals surface area contributed by atoms with Gasteiger partial charge in [0.25, 0.3) is 0 Å². The van der Waals surface area contributed by atoms with E-state index in [1.54, 1.807) is 19.2 Å². The smallest absolute Gasteiger partial charge is 0.226 e. The Balaban J connectivity index is 1.53. The van der Waals surface area contributed by atoms with Crippen LogP contribution < -0.4 is 10.2 Å². The average Bonchev–Trinajstić information content (AvgIpc) is 3.60. The van der Waals surface area contributed by atoms with E-state index >= 15 is 0 Å². The molecule has 1 heterocycles. The minimum absolute atomic E-state index is 0.134. The number of carbonyl (C=O) groups is 1. The number of halogens is 1. The first kappa shape index (κ1) is 20.2. The molecule has 1 aliphatic rings. The number of nitrogens with one attached hydrogen (secondary N) is 1. The fraction of sp³-hybridized carbons (Fsp3) is 0.348. The molecule has 1 amide bonds. The van der Waals surface area contributed by atoms with E-state index in [4.69, 9.17) is 14.7 Å². The SMILES string of the molecule is COCCN(CCC(=O)Nc1ccc(F)cc1)c1nc(C2CC2)nc2ccccc12. The average molecular weight is 408 g/mol. The van der Waals surface area contributed by atoms with Crippen LogP contribution in [0.2, 0.25) is 0 Å². The van der Waals surface area contributed by atoms with Crippen molar-refractivity contribution in [2.24, 2.45) is 0 Å². The van der Waals surface area contributed by atoms with E-state index in [0.717, 1.165) is 35.4 Å². The van der Waals surface area contributed by atoms with Gasteiger partial charge in [0.15, 0.2) is 0 Å². The summed E-state index contributed by atoms with van der Waals surface area (Å²) < 4.78 is 18.4. The molecule has 0 aliphatic heterocycles. The summed E-state index contributed by atoms with van der Waals surface area (Å²) in [5.41, 5.74) is 1.50. The summed E-state index contributed by atoms with van der Waals surface area (Å²) in [6.07, 6.45) is 2.52. The minimum atomic E-state index is -0.333. The second-order valence-electron chi connectivity index (χ2n) is 7.48. The van der Waals surface area contributed by atoms with Crippen LogP contribution in [0.25, 0.3) is 10.9 Å². The molecule has 0 bridgehead atoms. The summed E-state index contributed by atoms with van der Waals surface area (Å²) in [5.74, 6) is 1.68. The molecule has 3 aromatic rings. The highest BCUT2D eigenvalue weighted by Gasteiger charge is 2.28. The topological polar surface area (TPSA) is 67.3 Å². The summed E-state index contributed by atoms with van der Waals surface area (Å²) in [5, 5.41) is 3.78. The van der Waals surface area contributed by atoms with Crippen LogP contribution in [0, 0.1) is 5.82 Å². The second kappa shape index (κ2) is 9.17. The summed E-state index contributed by atoms with van der Waals surface area (Å²) in [6.45, 7) is 1.63. The molecule has 4 rings (SSSR count). The first-order valence-corrected chi connectivity index (χ1v) is 10.2. The van der Waals surface area contributed by atoms with Crippen LogP contribution in [-0.2, 0) is 9.53 Å². The first-order valence-electron chi connectivity index (χ1n) is 10.2. The highest BCUT2D eigenvalue weighted by Crippen LogP contribution is 2.39. The van der Waals surface area contributed by atoms with Crippen molar-refractivity contribution in [3.05, 3.63) is 60.2 Å². The van der Waals surface area contributed by atoms with Crippen molar-refractivity contribution < 1.29 is 13.9 Å². The number of anilines is 2. The standard InChI is InChI=1S/C23H25FN4O2/c1-30-15-14-28(13-12-21(29)25-18-10-8-17(24)9-11-18)23-19-4-2-3-5-20(19)26-22(27-23)16-6-7-16/h2-5,8-11,16H,6-7,12-15H2,1H3,(H,25,29). The third-order valence-electron chi connectivity index (χ3n) is 5.14. The van der Waals surface area contributed by atoms with Crippen LogP contribution in [0.1, 0.15) is 31.0 Å². The van der Waals surface area contributed by atoms with E-state index in [9.17, 15) is 9.18 Å². The molecule has 1 fully saturated rings. The Morgan fingerprint density at radius 2 is 1.90 bits per heavy atom. The number of hydrogen-bond donors (Lipinski definition) is 1. The van der Waals surface area contributed by atoms with Gasteiger partial charge in [0.05, 0.1) is 12.1 Å². The molecule has 1 aliphatic carbocycles. The third-order valence-corrected chi connectivity index (χ3v) is 5.14. The van der Waals surface area contributed by atoms with E-state index in [1.165, 1.54) is 12.1 Å². The lowest BCUT2D eigenvalue weighted by Gasteiger charge is -2.25. The van der Waals surface area contributed by atoms with E-state index in [-0.39, 0.29) is 18.1 Å². The van der Waals surface area contributed by atoms with E-state index in [2.05, 4.69) is 10.2 Å². The lowest BCUT2D eigenvalue weighted by Crippen LogP contribution is -2.32. The highest BCUT2D eigenvalue weighted by atomic mass is 19.1. The number of hydrogen-bond acceptors (Lipinski definition) is 5. The van der Waals surface area contributed by atoms with Crippen LogP contribution in [0.5, 0.6) is 0 Å². The molecular weight excluding hydrogens is 383 g/mol. The van der Waals surface area contributed by atoms with Crippen LogP contribution >= 0.6 is 0 Å². The monoisotopic (exact) mass is 408 g/mol. The Kier molecular flexibility index (Phi) is 6.18. The maximum absolute atomic E-state index is 13.1. The fourth-order valence-corrected chi connectivity index (χ4v) is 3.36. The number of methoxy groups -OCH3 is 1. The molecule has 0 atom stereocenters. The van der Waals surface area contributed by atoms with Crippen molar-refractivity contribution in [1.82, 2.24) is 9.97 Å². The molecule has 7 heteroatoms. The van der Waals surface area contributed by atoms with Crippen molar-refractivity contribution in [3.63, 3.8) is 0 Å². The van der Waals surface area contributed by atoms with Gasteiger partial charge < -0.3 is 15.0 Å². The number of carbonyl (C=O) groups excluding carboxylic acids is 1. The molecular formula is C23H25FN4O2. The Labute approximate surface area is 175 Å². The van der Waals surface area contributed by atoms with Crippen LogP contribution in [0.3, 0.4) is 0 Å². The Bertz CT molecular complexity index is 1020. The van der Waals surface area contributed by atoms with Crippen molar-refractivity contribution in [2.75, 3.05) is 37.0 Å². The van der Waals surface area contributed by atoms with E-state index in [0.29, 0.717) is 31.3 Å². The Morgan fingerprint density at radius 3 is 2.63 bits per heavy atom. The number of benzene rings is 2. The van der Waals surface area contributed by atoms with Crippen LogP contribution in [0.4, 0.5) is 15.9 Å². The van der Waals surface area contributed by atoms with E-state index < -0.39 is 0 Å². The molecule has 1 aromatic heterocycles. The summed E-state index contributed by atoms with van der Waals surface area (Å²) in [4.78, 5) is 24.2. The Hall–Kier alpha value is -3.06. The zero-order valence-corrected chi connectivity index (χ0v) is 17.0. The molecule has 30 heavy (non-hydrogen) atoms. The molecule has 0 spiro atoms. The number of rotatable bonds is 9. The number of ether oxygens (including phenoxy) is 1. The van der Waals surface area contributed by atoms with Crippen molar-refractivity contribution >= 4 is 28.3 Å². The van der Waals surface area contributed by atoms with Crippen molar-refractivity contribution in [3.8, 4) is 0 Å². The van der Waals surface area contributed by atoms with E-state index in [1.807, 2.05) is 24.3 Å². The number of para-hydroxylation sites is 1. The van der Waals surface area contributed by atoms with Gasteiger partial charge in [-0.2, -0.15) is 0 Å². The van der Waals surface area contributed by atoms with Gasteiger partial charge in [-0.25, -0.2) is 14.4 Å². The molecule has 2 aromatic carbocycles. The number of fused-ring (bicyclic) bond motifs is 1. The third kappa shape index (κ3) is 4.91. The van der Waals surface area contributed by atoms with Crippen molar-refractivity contribution in [1.29, 1.82) is 0 Å². The van der Waals surface area contributed by atoms with Gasteiger partial charge >= 0.3 is 0 Å². The number of aromatic nitrogens is 2. The molecule has 156 valence electrons. The first-order chi connectivity index (χ1) is 14.6. The molecule has 0 radical (unpaired) electrons. The van der Waals surface area contributed by atoms with Gasteiger partial charge in [-0.1, -0.05) is 12.1 Å². The minimum Gasteiger partial charge on any atom is -0.383 e. The molecule has 1 saturated carbocycles. The van der Waals surface area contributed by atoms with Gasteiger partial charge in [-0.15, -0.1) is 0 Å². The Morgan fingerprint density at radius 1 is 1.13 bits per heavy atom. The van der Waals surface area contributed by atoms with Gasteiger partial charge in [-0.3, -0.25) is 4.79 Å². The number of amides is 1. The summed E-state index contributed by atoms with van der Waals surface area (Å²) in [6, 6.07) is 13.7. The van der Waals surface area contributed by atoms with Crippen LogP contribution in [-0.4, -0.2) is 42.7 Å². The number of nitrogens with zero attached hydrogens (tertiary/aromatic N) is 3. The second-order valence-corrected chi connectivity index (χ2v) is 7.48. The molecule has 6 nitrogen and oxygen atoms in total.